The predicted molar refractivity (Wildman–Crippen MR) is 79.8 cm³/mol. The zero-order valence-corrected chi connectivity index (χ0v) is 13.0. The van der Waals surface area contributed by atoms with Crippen LogP contribution in [0.2, 0.25) is 5.02 Å². The molecule has 1 aliphatic heterocycles. The van der Waals surface area contributed by atoms with Gasteiger partial charge in [0.25, 0.3) is 0 Å². The topological polar surface area (TPSA) is 21.7 Å². The number of rotatable bonds is 3. The first-order valence-corrected chi connectivity index (χ1v) is 7.88. The van der Waals surface area contributed by atoms with Crippen LogP contribution in [0.25, 0.3) is 0 Å². The molecule has 0 bridgehead atoms. The first kappa shape index (κ1) is 15.2. The molecule has 1 aromatic rings. The molecule has 2 aliphatic rings. The van der Waals surface area contributed by atoms with Crippen molar-refractivity contribution in [3.05, 3.63) is 34.6 Å². The van der Waals surface area contributed by atoms with E-state index in [1.165, 1.54) is 6.07 Å². The lowest BCUT2D eigenvalue weighted by molar-refractivity contribution is -0.183. The molecular formula is C16H21ClFNO2. The highest BCUT2D eigenvalue weighted by Crippen LogP contribution is 2.37. The molecule has 1 saturated carbocycles. The maximum Gasteiger partial charge on any atom is 0.168 e. The van der Waals surface area contributed by atoms with Crippen LogP contribution >= 0.6 is 11.6 Å². The maximum absolute atomic E-state index is 13.5. The standard InChI is InChI=1S/C16H21ClFNO2/c1-19(11-12-3-2-4-14(18)15(12)17)13-5-7-16(8-6-13)20-9-10-21-16/h2-4,13H,5-11H2,1H3. The minimum atomic E-state index is -0.349. The fourth-order valence-electron chi connectivity index (χ4n) is 3.34. The fourth-order valence-corrected chi connectivity index (χ4v) is 3.52. The summed E-state index contributed by atoms with van der Waals surface area (Å²) in [6.45, 7) is 2.08. The van der Waals surface area contributed by atoms with Crippen LogP contribution in [0, 0.1) is 5.82 Å². The van der Waals surface area contributed by atoms with E-state index >= 15 is 0 Å². The van der Waals surface area contributed by atoms with Gasteiger partial charge in [0.15, 0.2) is 5.79 Å². The van der Waals surface area contributed by atoms with E-state index in [1.807, 2.05) is 6.07 Å². The molecule has 2 fully saturated rings. The molecule has 0 radical (unpaired) electrons. The van der Waals surface area contributed by atoms with Gasteiger partial charge in [0.1, 0.15) is 5.82 Å². The fraction of sp³-hybridized carbons (Fsp3) is 0.625. The summed E-state index contributed by atoms with van der Waals surface area (Å²) in [5.41, 5.74) is 0.841. The van der Waals surface area contributed by atoms with E-state index in [-0.39, 0.29) is 16.6 Å². The van der Waals surface area contributed by atoms with Gasteiger partial charge in [-0.3, -0.25) is 4.90 Å². The van der Waals surface area contributed by atoms with Crippen LogP contribution in [0.15, 0.2) is 18.2 Å². The predicted octanol–water partition coefficient (Wildman–Crippen LogP) is 3.60. The van der Waals surface area contributed by atoms with Crippen LogP contribution < -0.4 is 0 Å². The van der Waals surface area contributed by atoms with Gasteiger partial charge in [-0.25, -0.2) is 4.39 Å². The minimum Gasteiger partial charge on any atom is -0.348 e. The molecule has 3 nitrogen and oxygen atoms in total. The van der Waals surface area contributed by atoms with Crippen molar-refractivity contribution >= 4 is 11.6 Å². The molecule has 1 aromatic carbocycles. The Hall–Kier alpha value is -0.680. The Morgan fingerprint density at radius 3 is 2.62 bits per heavy atom. The molecule has 5 heteroatoms. The Morgan fingerprint density at radius 1 is 1.29 bits per heavy atom. The van der Waals surface area contributed by atoms with Crippen molar-refractivity contribution in [2.75, 3.05) is 20.3 Å². The summed E-state index contributed by atoms with van der Waals surface area (Å²) in [6, 6.07) is 5.45. The Labute approximate surface area is 130 Å². The van der Waals surface area contributed by atoms with E-state index in [0.29, 0.717) is 25.8 Å². The molecular weight excluding hydrogens is 293 g/mol. The van der Waals surface area contributed by atoms with Crippen molar-refractivity contribution in [2.45, 2.75) is 44.1 Å². The zero-order chi connectivity index (χ0) is 14.9. The molecule has 1 spiro atoms. The summed E-state index contributed by atoms with van der Waals surface area (Å²) < 4.78 is 25.0. The van der Waals surface area contributed by atoms with Crippen LogP contribution in [0.5, 0.6) is 0 Å². The van der Waals surface area contributed by atoms with Crippen molar-refractivity contribution in [2.24, 2.45) is 0 Å². The molecule has 21 heavy (non-hydrogen) atoms. The quantitative estimate of drug-likeness (QED) is 0.851. The van der Waals surface area contributed by atoms with E-state index in [1.54, 1.807) is 6.07 Å². The molecule has 3 rings (SSSR count). The van der Waals surface area contributed by atoms with Gasteiger partial charge in [0.2, 0.25) is 0 Å². The Kier molecular flexibility index (Phi) is 4.50. The Morgan fingerprint density at radius 2 is 1.95 bits per heavy atom. The first-order chi connectivity index (χ1) is 10.1. The molecule has 0 aromatic heterocycles. The van der Waals surface area contributed by atoms with Crippen LogP contribution in [-0.2, 0) is 16.0 Å². The van der Waals surface area contributed by atoms with Crippen molar-refractivity contribution in [3.8, 4) is 0 Å². The van der Waals surface area contributed by atoms with Gasteiger partial charge in [-0.1, -0.05) is 23.7 Å². The third-order valence-corrected chi connectivity index (χ3v) is 5.03. The molecule has 1 aliphatic carbocycles. The molecule has 1 saturated heterocycles. The van der Waals surface area contributed by atoms with E-state index in [9.17, 15) is 4.39 Å². The maximum atomic E-state index is 13.5. The number of benzene rings is 1. The third-order valence-electron chi connectivity index (χ3n) is 4.61. The zero-order valence-electron chi connectivity index (χ0n) is 12.3. The van der Waals surface area contributed by atoms with E-state index in [2.05, 4.69) is 11.9 Å². The Balaban J connectivity index is 1.59. The summed E-state index contributed by atoms with van der Waals surface area (Å²) in [6.07, 6.45) is 3.92. The SMILES string of the molecule is CN(Cc1cccc(F)c1Cl)C1CCC2(CC1)OCCO2. The second kappa shape index (κ2) is 6.21. The van der Waals surface area contributed by atoms with Crippen molar-refractivity contribution < 1.29 is 13.9 Å². The highest BCUT2D eigenvalue weighted by Gasteiger charge is 2.41. The number of nitrogens with zero attached hydrogens (tertiary/aromatic N) is 1. The summed E-state index contributed by atoms with van der Waals surface area (Å²) in [4.78, 5) is 2.25. The average Bonchev–Trinajstić information content (AvgIpc) is 2.93. The third kappa shape index (κ3) is 3.24. The lowest BCUT2D eigenvalue weighted by Gasteiger charge is -2.39. The lowest BCUT2D eigenvalue weighted by atomic mass is 9.89. The van der Waals surface area contributed by atoms with E-state index in [0.717, 1.165) is 31.2 Å². The summed E-state index contributed by atoms with van der Waals surface area (Å²) in [7, 11) is 2.07. The average molecular weight is 314 g/mol. The largest absolute Gasteiger partial charge is 0.348 e. The number of hydrogen-bond donors (Lipinski definition) is 0. The first-order valence-electron chi connectivity index (χ1n) is 7.51. The summed E-state index contributed by atoms with van der Waals surface area (Å²) in [5.74, 6) is -0.675. The van der Waals surface area contributed by atoms with Crippen molar-refractivity contribution in [3.63, 3.8) is 0 Å². The van der Waals surface area contributed by atoms with Crippen LogP contribution in [0.1, 0.15) is 31.2 Å². The minimum absolute atomic E-state index is 0.235. The van der Waals surface area contributed by atoms with Gasteiger partial charge in [0.05, 0.1) is 18.2 Å². The van der Waals surface area contributed by atoms with Gasteiger partial charge >= 0.3 is 0 Å². The van der Waals surface area contributed by atoms with Gasteiger partial charge in [-0.15, -0.1) is 0 Å². The van der Waals surface area contributed by atoms with Crippen LogP contribution in [0.3, 0.4) is 0 Å². The van der Waals surface area contributed by atoms with Gasteiger partial charge in [-0.05, 0) is 31.5 Å². The molecule has 1 heterocycles. The summed E-state index contributed by atoms with van der Waals surface area (Å²) in [5, 5.41) is 0.235. The number of halogens is 2. The van der Waals surface area contributed by atoms with Crippen LogP contribution in [0.4, 0.5) is 4.39 Å². The van der Waals surface area contributed by atoms with Gasteiger partial charge in [-0.2, -0.15) is 0 Å². The van der Waals surface area contributed by atoms with Crippen molar-refractivity contribution in [1.82, 2.24) is 4.90 Å². The number of hydrogen-bond acceptors (Lipinski definition) is 3. The van der Waals surface area contributed by atoms with Crippen molar-refractivity contribution in [1.29, 1.82) is 0 Å². The monoisotopic (exact) mass is 313 g/mol. The Bertz CT molecular complexity index is 495. The number of ether oxygens (including phenoxy) is 2. The molecule has 116 valence electrons. The smallest absolute Gasteiger partial charge is 0.168 e. The molecule has 0 unspecified atom stereocenters. The van der Waals surface area contributed by atoms with E-state index in [4.69, 9.17) is 21.1 Å². The normalized spacial score (nSPS) is 22.3. The summed E-state index contributed by atoms with van der Waals surface area (Å²) >= 11 is 6.03. The second-order valence-corrected chi connectivity index (χ2v) is 6.34. The highest BCUT2D eigenvalue weighted by molar-refractivity contribution is 6.31. The van der Waals surface area contributed by atoms with Crippen LogP contribution in [-0.4, -0.2) is 37.0 Å². The van der Waals surface area contributed by atoms with Gasteiger partial charge in [0, 0.05) is 25.4 Å². The highest BCUT2D eigenvalue weighted by atomic mass is 35.5. The second-order valence-electron chi connectivity index (χ2n) is 5.97. The molecule has 0 atom stereocenters. The van der Waals surface area contributed by atoms with Gasteiger partial charge < -0.3 is 9.47 Å². The molecule has 0 amide bonds. The van der Waals surface area contributed by atoms with E-state index < -0.39 is 0 Å². The lowest BCUT2D eigenvalue weighted by Crippen LogP contribution is -2.42. The molecule has 0 N–H and O–H groups in total.